The number of hydrogen-bond acceptors (Lipinski definition) is 5. The first-order valence-corrected chi connectivity index (χ1v) is 10.7. The second-order valence-corrected chi connectivity index (χ2v) is 9.64. The molecule has 1 aliphatic heterocycles. The highest BCUT2D eigenvalue weighted by atomic mass is 32.1. The third kappa shape index (κ3) is 6.07. The van der Waals surface area contributed by atoms with E-state index in [4.69, 9.17) is 4.74 Å². The molecule has 0 fully saturated rings. The number of aryl methyl sites for hydroxylation is 1. The summed E-state index contributed by atoms with van der Waals surface area (Å²) in [6.45, 7) is 11.3. The minimum Gasteiger partial charge on any atom is -0.474 e. The van der Waals surface area contributed by atoms with E-state index in [0.717, 1.165) is 27.5 Å². The van der Waals surface area contributed by atoms with Crippen LogP contribution in [0.3, 0.4) is 0 Å². The molecule has 5 nitrogen and oxygen atoms in total. The molecule has 2 heterocycles. The van der Waals surface area contributed by atoms with Crippen LogP contribution in [0, 0.1) is 6.92 Å². The monoisotopic (exact) mass is 445 g/mol. The molecule has 1 amide bonds. The van der Waals surface area contributed by atoms with Crippen molar-refractivity contribution in [3.63, 3.8) is 0 Å². The van der Waals surface area contributed by atoms with Crippen molar-refractivity contribution in [2.24, 2.45) is 0 Å². The number of rotatable bonds is 8. The van der Waals surface area contributed by atoms with Crippen LogP contribution in [0.15, 0.2) is 29.3 Å². The Morgan fingerprint density at radius 3 is 2.47 bits per heavy atom. The molecular formula is C21H30F3N3O2S. The van der Waals surface area contributed by atoms with E-state index in [1.165, 1.54) is 0 Å². The Bertz CT molecular complexity index is 839. The summed E-state index contributed by atoms with van der Waals surface area (Å²) in [6.07, 6.45) is -0.779. The zero-order chi connectivity index (χ0) is 22.7. The lowest BCUT2D eigenvalue weighted by atomic mass is 9.79. The van der Waals surface area contributed by atoms with Crippen LogP contribution in [0.2, 0.25) is 0 Å². The molecule has 2 N–H and O–H groups in total. The second kappa shape index (κ2) is 9.09. The molecular weight excluding hydrogens is 415 g/mol. The van der Waals surface area contributed by atoms with E-state index in [0.29, 0.717) is 12.5 Å². The van der Waals surface area contributed by atoms with Crippen LogP contribution < -0.4 is 10.6 Å². The average molecular weight is 446 g/mol. The van der Waals surface area contributed by atoms with Gasteiger partial charge in [-0.25, -0.2) is 4.98 Å². The zero-order valence-electron chi connectivity index (χ0n) is 18.3. The number of thiazole rings is 1. The third-order valence-electron chi connectivity index (χ3n) is 5.18. The molecule has 0 aromatic carbocycles. The first-order valence-electron chi connectivity index (χ1n) is 9.89. The van der Waals surface area contributed by atoms with E-state index >= 15 is 0 Å². The normalized spacial score (nSPS) is 15.7. The molecule has 0 aliphatic carbocycles. The molecule has 1 aromatic rings. The maximum atomic E-state index is 12.7. The van der Waals surface area contributed by atoms with Gasteiger partial charge in [-0.3, -0.25) is 10.1 Å². The van der Waals surface area contributed by atoms with Crippen molar-refractivity contribution in [3.8, 4) is 0 Å². The quantitative estimate of drug-likeness (QED) is 0.607. The Morgan fingerprint density at radius 2 is 1.93 bits per heavy atom. The molecule has 0 spiro atoms. The van der Waals surface area contributed by atoms with Gasteiger partial charge in [-0.1, -0.05) is 20.8 Å². The number of allylic oxidation sites excluding steroid dienone is 2. The van der Waals surface area contributed by atoms with Crippen molar-refractivity contribution in [2.45, 2.75) is 71.5 Å². The Balaban J connectivity index is 2.18. The van der Waals surface area contributed by atoms with E-state index in [-0.39, 0.29) is 12.0 Å². The Labute approximate surface area is 179 Å². The number of alkyl halides is 3. The molecule has 0 saturated heterocycles. The SMILES string of the molecule is CCC1=C(C(C)(C)c2cnc(C)s2)C=C(NC(=O)C(C)(C)NCCC(F)(F)F)OC1. The van der Waals surface area contributed by atoms with Crippen LogP contribution in [0.4, 0.5) is 13.2 Å². The first kappa shape index (κ1) is 24.4. The first-order chi connectivity index (χ1) is 13.8. The number of amides is 1. The largest absolute Gasteiger partial charge is 0.474 e. The number of nitrogens with zero attached hydrogens (tertiary/aromatic N) is 1. The summed E-state index contributed by atoms with van der Waals surface area (Å²) < 4.78 is 42.9. The molecule has 0 atom stereocenters. The highest BCUT2D eigenvalue weighted by Gasteiger charge is 2.34. The van der Waals surface area contributed by atoms with Crippen molar-refractivity contribution < 1.29 is 22.7 Å². The summed E-state index contributed by atoms with van der Waals surface area (Å²) in [7, 11) is 0. The van der Waals surface area contributed by atoms with Gasteiger partial charge in [0.1, 0.15) is 6.61 Å². The minimum absolute atomic E-state index is 0.298. The van der Waals surface area contributed by atoms with Gasteiger partial charge in [0.25, 0.3) is 0 Å². The van der Waals surface area contributed by atoms with Crippen molar-refractivity contribution >= 4 is 17.2 Å². The molecule has 168 valence electrons. The lowest BCUT2D eigenvalue weighted by Gasteiger charge is -2.32. The van der Waals surface area contributed by atoms with E-state index in [2.05, 4.69) is 36.4 Å². The van der Waals surface area contributed by atoms with Gasteiger partial charge in [-0.15, -0.1) is 11.3 Å². The van der Waals surface area contributed by atoms with Crippen LogP contribution in [-0.2, 0) is 14.9 Å². The summed E-state index contributed by atoms with van der Waals surface area (Å²) in [4.78, 5) is 18.1. The average Bonchev–Trinajstić information content (AvgIpc) is 3.07. The number of hydrogen-bond donors (Lipinski definition) is 2. The smallest absolute Gasteiger partial charge is 0.390 e. The van der Waals surface area contributed by atoms with Crippen LogP contribution in [0.1, 0.15) is 57.3 Å². The molecule has 0 radical (unpaired) electrons. The van der Waals surface area contributed by atoms with Crippen LogP contribution in [0.5, 0.6) is 0 Å². The van der Waals surface area contributed by atoms with Crippen LogP contribution in [0.25, 0.3) is 0 Å². The maximum absolute atomic E-state index is 12.7. The summed E-state index contributed by atoms with van der Waals surface area (Å²) in [5.74, 6) is -0.158. The Kier molecular flexibility index (Phi) is 7.40. The molecule has 30 heavy (non-hydrogen) atoms. The van der Waals surface area contributed by atoms with Crippen molar-refractivity contribution in [1.82, 2.24) is 15.6 Å². The number of carbonyl (C=O) groups is 1. The summed E-state index contributed by atoms with van der Waals surface area (Å²) in [6, 6.07) is 0. The topological polar surface area (TPSA) is 63.2 Å². The predicted octanol–water partition coefficient (Wildman–Crippen LogP) is 4.74. The van der Waals surface area contributed by atoms with Crippen molar-refractivity contribution in [1.29, 1.82) is 0 Å². The number of ether oxygens (including phenoxy) is 1. The Hall–Kier alpha value is -1.87. The fourth-order valence-electron chi connectivity index (χ4n) is 3.15. The number of halogens is 3. The fourth-order valence-corrected chi connectivity index (χ4v) is 4.05. The van der Waals surface area contributed by atoms with Gasteiger partial charge < -0.3 is 10.1 Å². The van der Waals surface area contributed by atoms with Gasteiger partial charge in [0.05, 0.1) is 17.0 Å². The van der Waals surface area contributed by atoms with E-state index < -0.39 is 24.0 Å². The lowest BCUT2D eigenvalue weighted by molar-refractivity contribution is -0.136. The highest BCUT2D eigenvalue weighted by molar-refractivity contribution is 7.11. The number of carbonyl (C=O) groups excluding carboxylic acids is 1. The van der Waals surface area contributed by atoms with Gasteiger partial charge >= 0.3 is 6.18 Å². The van der Waals surface area contributed by atoms with E-state index in [1.807, 2.05) is 19.2 Å². The molecule has 1 aromatic heterocycles. The summed E-state index contributed by atoms with van der Waals surface area (Å²) in [5.41, 5.74) is 0.677. The van der Waals surface area contributed by atoms with Gasteiger partial charge in [-0.05, 0) is 38.3 Å². The van der Waals surface area contributed by atoms with Crippen molar-refractivity contribution in [2.75, 3.05) is 13.2 Å². The fraction of sp³-hybridized carbons (Fsp3) is 0.619. The molecule has 0 unspecified atom stereocenters. The van der Waals surface area contributed by atoms with E-state index in [9.17, 15) is 18.0 Å². The van der Waals surface area contributed by atoms with Crippen molar-refractivity contribution in [3.05, 3.63) is 39.2 Å². The van der Waals surface area contributed by atoms with Crippen LogP contribution >= 0.6 is 11.3 Å². The molecule has 9 heteroatoms. The van der Waals surface area contributed by atoms with Crippen LogP contribution in [-0.4, -0.2) is 35.8 Å². The third-order valence-corrected chi connectivity index (χ3v) is 6.41. The number of aromatic nitrogens is 1. The van der Waals surface area contributed by atoms with E-state index in [1.54, 1.807) is 25.2 Å². The van der Waals surface area contributed by atoms with Gasteiger partial charge in [0.2, 0.25) is 5.91 Å². The highest BCUT2D eigenvalue weighted by Crippen LogP contribution is 2.39. The lowest BCUT2D eigenvalue weighted by Crippen LogP contribution is -2.53. The standard InChI is InChI=1S/C21H30F3N3O2S/c1-7-14-12-29-17(10-15(14)19(3,4)16-11-25-13(2)30-16)27-18(28)20(5,6)26-9-8-21(22,23)24/h10-11,26H,7-9,12H2,1-6H3,(H,27,28). The predicted molar refractivity (Wildman–Crippen MR) is 112 cm³/mol. The molecule has 1 aliphatic rings. The molecule has 2 rings (SSSR count). The molecule has 0 bridgehead atoms. The van der Waals surface area contributed by atoms with Gasteiger partial charge in [0.15, 0.2) is 5.88 Å². The van der Waals surface area contributed by atoms with Gasteiger partial charge in [0, 0.05) is 29.1 Å². The summed E-state index contributed by atoms with van der Waals surface area (Å²) >= 11 is 1.63. The molecule has 0 saturated carbocycles. The maximum Gasteiger partial charge on any atom is 0.390 e. The zero-order valence-corrected chi connectivity index (χ0v) is 19.1. The van der Waals surface area contributed by atoms with Gasteiger partial charge in [-0.2, -0.15) is 13.2 Å². The second-order valence-electron chi connectivity index (χ2n) is 8.41. The summed E-state index contributed by atoms with van der Waals surface area (Å²) in [5, 5.41) is 6.36. The number of nitrogens with one attached hydrogen (secondary N) is 2. The Morgan fingerprint density at radius 1 is 1.27 bits per heavy atom. The minimum atomic E-state index is -4.27.